The molecule has 0 saturated heterocycles. The van der Waals surface area contributed by atoms with E-state index in [-0.39, 0.29) is 6.29 Å². The monoisotopic (exact) mass is 311 g/mol. The SMILES string of the molecule is CP(C)(=O)CNC(c1ccc(Cl)cc1)P(=O)(O)O. The van der Waals surface area contributed by atoms with Crippen LogP contribution in [0, 0.1) is 0 Å². The van der Waals surface area contributed by atoms with Crippen molar-refractivity contribution >= 4 is 26.3 Å². The Morgan fingerprint density at radius 1 is 1.22 bits per heavy atom. The molecule has 0 aliphatic heterocycles. The predicted octanol–water partition coefficient (Wildman–Crippen LogP) is 2.69. The van der Waals surface area contributed by atoms with E-state index >= 15 is 0 Å². The summed E-state index contributed by atoms with van der Waals surface area (Å²) in [4.78, 5) is 18.6. The highest BCUT2D eigenvalue weighted by molar-refractivity contribution is 7.62. The summed E-state index contributed by atoms with van der Waals surface area (Å²) in [6.45, 7) is 3.11. The third kappa shape index (κ3) is 5.23. The van der Waals surface area contributed by atoms with E-state index in [9.17, 15) is 18.9 Å². The van der Waals surface area contributed by atoms with Crippen LogP contribution in [0.5, 0.6) is 0 Å². The normalized spacial score (nSPS) is 14.5. The fourth-order valence-corrected chi connectivity index (χ4v) is 3.16. The van der Waals surface area contributed by atoms with Crippen molar-refractivity contribution in [2.24, 2.45) is 0 Å². The van der Waals surface area contributed by atoms with Crippen LogP contribution < -0.4 is 5.32 Å². The maximum Gasteiger partial charge on any atom is 0.346 e. The summed E-state index contributed by atoms with van der Waals surface area (Å²) < 4.78 is 23.0. The Morgan fingerprint density at radius 3 is 2.11 bits per heavy atom. The Kier molecular flexibility index (Phi) is 5.19. The van der Waals surface area contributed by atoms with Crippen molar-refractivity contribution in [2.45, 2.75) is 5.78 Å². The lowest BCUT2D eigenvalue weighted by molar-refractivity contribution is 0.350. The summed E-state index contributed by atoms with van der Waals surface area (Å²) in [5.41, 5.74) is 0.418. The quantitative estimate of drug-likeness (QED) is 0.728. The molecular weight excluding hydrogens is 296 g/mol. The molecule has 0 bridgehead atoms. The molecule has 8 heteroatoms. The van der Waals surface area contributed by atoms with E-state index in [4.69, 9.17) is 11.6 Å². The van der Waals surface area contributed by atoms with Gasteiger partial charge in [-0.3, -0.25) is 9.88 Å². The first kappa shape index (κ1) is 15.9. The molecule has 1 aromatic carbocycles. The average molecular weight is 312 g/mol. The summed E-state index contributed by atoms with van der Waals surface area (Å²) in [5, 5.41) is 3.15. The van der Waals surface area contributed by atoms with Crippen LogP contribution in [0.2, 0.25) is 5.02 Å². The van der Waals surface area contributed by atoms with Gasteiger partial charge in [-0.15, -0.1) is 0 Å². The van der Waals surface area contributed by atoms with Crippen molar-refractivity contribution in [2.75, 3.05) is 19.6 Å². The first-order valence-electron chi connectivity index (χ1n) is 5.18. The molecule has 1 atom stereocenters. The lowest BCUT2D eigenvalue weighted by Gasteiger charge is -2.21. The molecule has 18 heavy (non-hydrogen) atoms. The van der Waals surface area contributed by atoms with Gasteiger partial charge in [0.05, 0.1) is 7.14 Å². The van der Waals surface area contributed by atoms with E-state index < -0.39 is 20.5 Å². The van der Waals surface area contributed by atoms with Crippen LogP contribution >= 0.6 is 26.3 Å². The second-order valence-electron chi connectivity index (χ2n) is 4.48. The molecule has 0 radical (unpaired) electrons. The highest BCUT2D eigenvalue weighted by Gasteiger charge is 2.30. The number of benzene rings is 1. The minimum absolute atomic E-state index is 0.0609. The fraction of sp³-hybridized carbons (Fsp3) is 0.400. The molecule has 1 aromatic rings. The van der Waals surface area contributed by atoms with Gasteiger partial charge in [-0.25, -0.2) is 0 Å². The molecule has 0 spiro atoms. The second-order valence-corrected chi connectivity index (χ2v) is 10.1. The maximum atomic E-state index is 11.6. The molecule has 0 fully saturated rings. The minimum Gasteiger partial charge on any atom is -0.323 e. The molecule has 102 valence electrons. The van der Waals surface area contributed by atoms with Gasteiger partial charge >= 0.3 is 7.60 Å². The zero-order chi connectivity index (χ0) is 14.0. The Morgan fingerprint density at radius 2 is 1.72 bits per heavy atom. The van der Waals surface area contributed by atoms with Crippen LogP contribution in [0.3, 0.4) is 0 Å². The van der Waals surface area contributed by atoms with Crippen LogP contribution in [0.25, 0.3) is 0 Å². The smallest absolute Gasteiger partial charge is 0.323 e. The standard InChI is InChI=1S/C10H16ClNO4P2/c1-17(2,13)7-12-10(18(14,15)16)8-3-5-9(11)6-4-8/h3-6,10,12H,7H2,1-2H3,(H2,14,15,16). The molecule has 0 heterocycles. The van der Waals surface area contributed by atoms with E-state index in [0.29, 0.717) is 10.6 Å². The topological polar surface area (TPSA) is 86.6 Å². The van der Waals surface area contributed by atoms with Gasteiger partial charge in [0.15, 0.2) is 0 Å². The largest absolute Gasteiger partial charge is 0.346 e. The van der Waals surface area contributed by atoms with Crippen LogP contribution in [-0.4, -0.2) is 29.4 Å². The summed E-state index contributed by atoms with van der Waals surface area (Å²) in [5.74, 6) is -1.16. The third-order valence-corrected chi connectivity index (χ3v) is 4.54. The number of nitrogens with one attached hydrogen (secondary N) is 1. The molecule has 0 aliphatic carbocycles. The van der Waals surface area contributed by atoms with Crippen LogP contribution in [-0.2, 0) is 9.13 Å². The Labute approximate surface area is 111 Å². The number of hydrogen-bond donors (Lipinski definition) is 3. The van der Waals surface area contributed by atoms with Gasteiger partial charge in [0.1, 0.15) is 5.78 Å². The predicted molar refractivity (Wildman–Crippen MR) is 73.7 cm³/mol. The van der Waals surface area contributed by atoms with Crippen molar-refractivity contribution in [1.29, 1.82) is 0 Å². The van der Waals surface area contributed by atoms with Gasteiger partial charge in [-0.2, -0.15) is 0 Å². The van der Waals surface area contributed by atoms with Gasteiger partial charge in [0.25, 0.3) is 0 Å². The average Bonchev–Trinajstić information content (AvgIpc) is 2.17. The molecule has 0 amide bonds. The number of halogens is 1. The first-order valence-corrected chi connectivity index (χ1v) is 10.0. The van der Waals surface area contributed by atoms with Crippen LogP contribution in [0.1, 0.15) is 11.3 Å². The lowest BCUT2D eigenvalue weighted by Crippen LogP contribution is -2.22. The summed E-state index contributed by atoms with van der Waals surface area (Å²) in [6, 6.07) is 6.18. The highest BCUT2D eigenvalue weighted by atomic mass is 35.5. The molecule has 1 rings (SSSR count). The van der Waals surface area contributed by atoms with Crippen LogP contribution in [0.4, 0.5) is 0 Å². The number of hydrogen-bond acceptors (Lipinski definition) is 3. The van der Waals surface area contributed by atoms with E-state index in [1.165, 1.54) is 12.1 Å². The van der Waals surface area contributed by atoms with Crippen molar-refractivity contribution < 1.29 is 18.9 Å². The van der Waals surface area contributed by atoms with Gasteiger partial charge in [-0.1, -0.05) is 23.7 Å². The first-order chi connectivity index (χ1) is 8.09. The van der Waals surface area contributed by atoms with Crippen molar-refractivity contribution in [1.82, 2.24) is 5.32 Å². The van der Waals surface area contributed by atoms with Crippen molar-refractivity contribution in [3.05, 3.63) is 34.9 Å². The molecular formula is C10H16ClNO4P2. The van der Waals surface area contributed by atoms with E-state index in [2.05, 4.69) is 5.32 Å². The highest BCUT2D eigenvalue weighted by Crippen LogP contribution is 2.51. The Hall–Kier alpha value is -0.150. The molecule has 5 nitrogen and oxygen atoms in total. The van der Waals surface area contributed by atoms with Gasteiger partial charge in [0.2, 0.25) is 0 Å². The fourth-order valence-electron chi connectivity index (χ4n) is 1.38. The summed E-state index contributed by atoms with van der Waals surface area (Å²) >= 11 is 5.72. The summed E-state index contributed by atoms with van der Waals surface area (Å²) in [6.07, 6.45) is 0.0609. The van der Waals surface area contributed by atoms with E-state index in [0.717, 1.165) is 0 Å². The van der Waals surface area contributed by atoms with E-state index in [1.807, 2.05) is 0 Å². The Bertz CT molecular complexity index is 493. The van der Waals surface area contributed by atoms with Gasteiger partial charge in [-0.05, 0) is 31.0 Å². The summed E-state index contributed by atoms with van der Waals surface area (Å²) in [7, 11) is -6.77. The Balaban J connectivity index is 2.96. The molecule has 0 aliphatic rings. The maximum absolute atomic E-state index is 11.6. The molecule has 1 unspecified atom stereocenters. The minimum atomic E-state index is -4.37. The van der Waals surface area contributed by atoms with E-state index in [1.54, 1.807) is 25.5 Å². The molecule has 3 N–H and O–H groups in total. The molecule has 0 aromatic heterocycles. The zero-order valence-electron chi connectivity index (χ0n) is 10.1. The van der Waals surface area contributed by atoms with Crippen molar-refractivity contribution in [3.63, 3.8) is 0 Å². The number of rotatable bonds is 5. The molecule has 0 saturated carbocycles. The second kappa shape index (κ2) is 5.87. The third-order valence-electron chi connectivity index (χ3n) is 2.19. The van der Waals surface area contributed by atoms with Gasteiger partial charge < -0.3 is 14.4 Å². The zero-order valence-corrected chi connectivity index (χ0v) is 12.6. The van der Waals surface area contributed by atoms with Gasteiger partial charge in [0, 0.05) is 11.3 Å². The van der Waals surface area contributed by atoms with Crippen LogP contribution in [0.15, 0.2) is 24.3 Å². The lowest BCUT2D eigenvalue weighted by atomic mass is 10.2. The van der Waals surface area contributed by atoms with Crippen molar-refractivity contribution in [3.8, 4) is 0 Å².